The predicted molar refractivity (Wildman–Crippen MR) is 61.8 cm³/mol. The quantitative estimate of drug-likeness (QED) is 0.539. The van der Waals surface area contributed by atoms with Crippen LogP contribution in [-0.2, 0) is 4.79 Å². The van der Waals surface area contributed by atoms with Crippen LogP contribution in [0.25, 0.3) is 0 Å². The number of hydrogen-bond donors (Lipinski definition) is 0. The molecule has 0 N–H and O–H groups in total. The van der Waals surface area contributed by atoms with Gasteiger partial charge in [0.2, 0.25) is 0 Å². The van der Waals surface area contributed by atoms with Crippen molar-refractivity contribution in [2.24, 2.45) is 0 Å². The second-order valence-corrected chi connectivity index (χ2v) is 4.12. The fourth-order valence-corrected chi connectivity index (χ4v) is 2.21. The maximum Gasteiger partial charge on any atom is 0.124 e. The number of hydrogen-bond acceptors (Lipinski definition) is 1. The maximum absolute atomic E-state index is 10.4. The Bertz CT molecular complexity index is 351. The topological polar surface area (TPSA) is 17.1 Å². The molecule has 0 spiro atoms. The highest BCUT2D eigenvalue weighted by Gasteiger charge is 2.15. The summed E-state index contributed by atoms with van der Waals surface area (Å²) in [7, 11) is 0. The molecular weight excluding hydrogens is 184 g/mol. The van der Waals surface area contributed by atoms with E-state index in [2.05, 4.69) is 36.4 Å². The summed E-state index contributed by atoms with van der Waals surface area (Å²) in [6.45, 7) is 0. The molecular formula is C14H16O. The van der Waals surface area contributed by atoms with Crippen LogP contribution in [0.3, 0.4) is 0 Å². The van der Waals surface area contributed by atoms with E-state index in [-0.39, 0.29) is 0 Å². The van der Waals surface area contributed by atoms with E-state index in [1.165, 1.54) is 17.6 Å². The van der Waals surface area contributed by atoms with Crippen LogP contribution in [0, 0.1) is 0 Å². The normalized spacial score (nSPS) is 20.8. The van der Waals surface area contributed by atoms with E-state index in [1.54, 1.807) is 0 Å². The molecule has 0 radical (unpaired) electrons. The van der Waals surface area contributed by atoms with Gasteiger partial charge in [-0.1, -0.05) is 42.0 Å². The molecule has 15 heavy (non-hydrogen) atoms. The third kappa shape index (κ3) is 2.56. The summed E-state index contributed by atoms with van der Waals surface area (Å²) in [6.07, 6.45) is 7.24. The Morgan fingerprint density at radius 1 is 1.27 bits per heavy atom. The van der Waals surface area contributed by atoms with Crippen LogP contribution in [0.5, 0.6) is 0 Å². The Balaban J connectivity index is 2.02. The first-order chi connectivity index (χ1) is 7.40. The zero-order chi connectivity index (χ0) is 10.5. The molecule has 1 unspecified atom stereocenters. The van der Waals surface area contributed by atoms with E-state index < -0.39 is 0 Å². The van der Waals surface area contributed by atoms with Crippen LogP contribution < -0.4 is 0 Å². The molecule has 0 aromatic heterocycles. The molecule has 1 heteroatoms. The van der Waals surface area contributed by atoms with Crippen molar-refractivity contribution in [2.75, 3.05) is 0 Å². The summed E-state index contributed by atoms with van der Waals surface area (Å²) < 4.78 is 0. The molecule has 1 atom stereocenters. The summed E-state index contributed by atoms with van der Waals surface area (Å²) in [5, 5.41) is 0. The van der Waals surface area contributed by atoms with E-state index in [4.69, 9.17) is 0 Å². The van der Waals surface area contributed by atoms with Gasteiger partial charge in [-0.2, -0.15) is 0 Å². The molecule has 0 bridgehead atoms. The Hall–Kier alpha value is -1.37. The second kappa shape index (κ2) is 4.92. The molecule has 2 rings (SSSR count). The maximum atomic E-state index is 10.4. The van der Waals surface area contributed by atoms with Crippen LogP contribution in [0.4, 0.5) is 0 Å². The minimum Gasteiger partial charge on any atom is -0.303 e. The highest BCUT2D eigenvalue weighted by molar-refractivity contribution is 5.54. The van der Waals surface area contributed by atoms with E-state index >= 15 is 0 Å². The average molecular weight is 200 g/mol. The zero-order valence-corrected chi connectivity index (χ0v) is 8.86. The predicted octanol–water partition coefficient (Wildman–Crippen LogP) is 3.47. The molecule has 0 fully saturated rings. The molecule has 0 aliphatic heterocycles. The molecule has 1 aromatic rings. The van der Waals surface area contributed by atoms with Gasteiger partial charge in [-0.3, -0.25) is 0 Å². The van der Waals surface area contributed by atoms with Gasteiger partial charge in [-0.05, 0) is 30.7 Å². The van der Waals surface area contributed by atoms with Crippen molar-refractivity contribution in [3.63, 3.8) is 0 Å². The Labute approximate surface area is 90.8 Å². The molecule has 1 nitrogen and oxygen atoms in total. The molecule has 0 saturated carbocycles. The lowest BCUT2D eigenvalue weighted by Crippen LogP contribution is -2.04. The van der Waals surface area contributed by atoms with Crippen molar-refractivity contribution in [2.45, 2.75) is 31.6 Å². The number of carbonyl (C=O) groups excluding carboxylic acids is 1. The number of aldehydes is 1. The van der Waals surface area contributed by atoms with Crippen molar-refractivity contribution >= 4 is 6.29 Å². The summed E-state index contributed by atoms with van der Waals surface area (Å²) in [5.41, 5.74) is 2.75. The Morgan fingerprint density at radius 3 is 2.67 bits per heavy atom. The minimum absolute atomic E-state index is 0.626. The monoisotopic (exact) mass is 200 g/mol. The van der Waals surface area contributed by atoms with Gasteiger partial charge in [0, 0.05) is 6.42 Å². The fraction of sp³-hybridized carbons (Fsp3) is 0.357. The van der Waals surface area contributed by atoms with Gasteiger partial charge in [0.25, 0.3) is 0 Å². The van der Waals surface area contributed by atoms with E-state index in [0.717, 1.165) is 19.1 Å². The molecule has 1 aliphatic carbocycles. The number of allylic oxidation sites excluding steroid dienone is 2. The van der Waals surface area contributed by atoms with Gasteiger partial charge in [0.15, 0.2) is 0 Å². The summed E-state index contributed by atoms with van der Waals surface area (Å²) in [4.78, 5) is 10.4. The lowest BCUT2D eigenvalue weighted by atomic mass is 9.84. The van der Waals surface area contributed by atoms with E-state index in [1.807, 2.05) is 0 Å². The smallest absolute Gasteiger partial charge is 0.124 e. The third-order valence-corrected chi connectivity index (χ3v) is 3.12. The molecule has 1 aromatic carbocycles. The van der Waals surface area contributed by atoms with E-state index in [0.29, 0.717) is 12.3 Å². The molecule has 0 heterocycles. The van der Waals surface area contributed by atoms with Gasteiger partial charge in [-0.15, -0.1) is 0 Å². The molecule has 78 valence electrons. The Morgan fingerprint density at radius 2 is 2.07 bits per heavy atom. The first kappa shape index (κ1) is 10.2. The summed E-state index contributed by atoms with van der Waals surface area (Å²) >= 11 is 0. The van der Waals surface area contributed by atoms with Crippen LogP contribution >= 0.6 is 0 Å². The van der Waals surface area contributed by atoms with Crippen molar-refractivity contribution in [3.05, 3.63) is 47.5 Å². The summed E-state index contributed by atoms with van der Waals surface area (Å²) in [6, 6.07) is 10.6. The van der Waals surface area contributed by atoms with Crippen LogP contribution in [0.15, 0.2) is 42.0 Å². The van der Waals surface area contributed by atoms with Crippen molar-refractivity contribution in [1.29, 1.82) is 0 Å². The minimum atomic E-state index is 0.626. The average Bonchev–Trinajstić information content (AvgIpc) is 2.32. The van der Waals surface area contributed by atoms with E-state index in [9.17, 15) is 4.79 Å². The van der Waals surface area contributed by atoms with Crippen LogP contribution in [0.2, 0.25) is 0 Å². The van der Waals surface area contributed by atoms with Gasteiger partial charge >= 0.3 is 0 Å². The standard InChI is InChI=1S/C14H16O/c15-11-10-12-6-8-14(9-7-12)13-4-2-1-3-5-13/h1-6,11,14H,7-10H2. The first-order valence-electron chi connectivity index (χ1n) is 5.56. The Kier molecular flexibility index (Phi) is 3.33. The van der Waals surface area contributed by atoms with Gasteiger partial charge in [0.05, 0.1) is 0 Å². The van der Waals surface area contributed by atoms with Gasteiger partial charge in [-0.25, -0.2) is 0 Å². The van der Waals surface area contributed by atoms with Crippen molar-refractivity contribution in [3.8, 4) is 0 Å². The lowest BCUT2D eigenvalue weighted by Gasteiger charge is -2.21. The zero-order valence-electron chi connectivity index (χ0n) is 8.86. The SMILES string of the molecule is O=CCC1=CCC(c2ccccc2)CC1. The van der Waals surface area contributed by atoms with Gasteiger partial charge < -0.3 is 4.79 Å². The molecule has 0 amide bonds. The third-order valence-electron chi connectivity index (χ3n) is 3.12. The highest BCUT2D eigenvalue weighted by Crippen LogP contribution is 2.32. The number of carbonyl (C=O) groups is 1. The van der Waals surface area contributed by atoms with Crippen LogP contribution in [0.1, 0.15) is 37.2 Å². The highest BCUT2D eigenvalue weighted by atomic mass is 16.1. The first-order valence-corrected chi connectivity index (χ1v) is 5.56. The van der Waals surface area contributed by atoms with Gasteiger partial charge in [0.1, 0.15) is 6.29 Å². The lowest BCUT2D eigenvalue weighted by molar-refractivity contribution is -0.107. The largest absolute Gasteiger partial charge is 0.303 e. The number of rotatable bonds is 3. The van der Waals surface area contributed by atoms with Crippen LogP contribution in [-0.4, -0.2) is 6.29 Å². The molecule has 0 saturated heterocycles. The molecule has 1 aliphatic rings. The second-order valence-electron chi connectivity index (χ2n) is 4.12. The number of benzene rings is 1. The van der Waals surface area contributed by atoms with Crippen molar-refractivity contribution in [1.82, 2.24) is 0 Å². The van der Waals surface area contributed by atoms with Crippen molar-refractivity contribution < 1.29 is 4.79 Å². The fourth-order valence-electron chi connectivity index (χ4n) is 2.21. The summed E-state index contributed by atoms with van der Waals surface area (Å²) in [5.74, 6) is 0.654.